The summed E-state index contributed by atoms with van der Waals surface area (Å²) in [4.78, 5) is 29.2. The first-order valence-electron chi connectivity index (χ1n) is 10.1. The van der Waals surface area contributed by atoms with Crippen LogP contribution >= 0.6 is 0 Å². The number of carbonyl (C=O) groups excluding carboxylic acids is 2. The predicted molar refractivity (Wildman–Crippen MR) is 105 cm³/mol. The van der Waals surface area contributed by atoms with Crippen LogP contribution in [0.15, 0.2) is 12.7 Å². The summed E-state index contributed by atoms with van der Waals surface area (Å²) in [5.74, 6) is -0.316. The lowest BCUT2D eigenvalue weighted by Crippen LogP contribution is -2.46. The van der Waals surface area contributed by atoms with Gasteiger partial charge >= 0.3 is 12.1 Å². The van der Waals surface area contributed by atoms with Crippen molar-refractivity contribution in [2.24, 2.45) is 5.41 Å². The summed E-state index contributed by atoms with van der Waals surface area (Å²) in [6.45, 7) is 13.3. The van der Waals surface area contributed by atoms with E-state index in [1.165, 1.54) is 0 Å². The average Bonchev–Trinajstić information content (AvgIpc) is 3.13. The Bertz CT molecular complexity index is 557. The molecule has 0 bridgehead atoms. The van der Waals surface area contributed by atoms with Gasteiger partial charge in [-0.2, -0.15) is 0 Å². The Morgan fingerprint density at radius 3 is 2.59 bits per heavy atom. The van der Waals surface area contributed by atoms with Crippen molar-refractivity contribution in [1.82, 2.24) is 9.80 Å². The van der Waals surface area contributed by atoms with E-state index >= 15 is 0 Å². The lowest BCUT2D eigenvalue weighted by molar-refractivity contribution is -0.149. The molecule has 0 aromatic carbocycles. The van der Waals surface area contributed by atoms with E-state index in [-0.39, 0.29) is 17.4 Å². The molecule has 27 heavy (non-hydrogen) atoms. The number of likely N-dealkylation sites (tertiary alicyclic amines) is 1. The number of hydrogen-bond acceptors (Lipinski definition) is 5. The fraction of sp³-hybridized carbons (Fsp3) is 0.810. The van der Waals surface area contributed by atoms with E-state index in [0.717, 1.165) is 38.8 Å². The van der Waals surface area contributed by atoms with E-state index < -0.39 is 17.7 Å². The molecular formula is C21H36N2O4. The quantitative estimate of drug-likeness (QED) is 0.347. The number of nitrogens with zero attached hydrogens (tertiary/aromatic N) is 2. The standard InChI is InChI=1S/C21H36N2O4/c1-7-9-10-11-12-22(6)15-21-13-16(18(24)26-8-2)23(17(21)14-21)19(25)27-20(3,4)5/h7,16-17H,1,8-15H2,2-6H3/t16-,17?,21-/m0/s1. The molecule has 1 amide bonds. The Morgan fingerprint density at radius 1 is 1.30 bits per heavy atom. The molecule has 1 saturated carbocycles. The van der Waals surface area contributed by atoms with Gasteiger partial charge in [-0.3, -0.25) is 4.90 Å². The number of fused-ring (bicyclic) bond motifs is 1. The molecule has 1 unspecified atom stereocenters. The molecule has 154 valence electrons. The first-order chi connectivity index (χ1) is 12.6. The highest BCUT2D eigenvalue weighted by Crippen LogP contribution is 2.60. The van der Waals surface area contributed by atoms with Gasteiger partial charge in [0, 0.05) is 18.0 Å². The number of hydrogen-bond donors (Lipinski definition) is 0. The largest absolute Gasteiger partial charge is 0.464 e. The monoisotopic (exact) mass is 380 g/mol. The molecule has 0 radical (unpaired) electrons. The normalized spacial score (nSPS) is 26.7. The zero-order valence-electron chi connectivity index (χ0n) is 17.6. The summed E-state index contributed by atoms with van der Waals surface area (Å²) in [6, 6.07) is -0.468. The van der Waals surface area contributed by atoms with Gasteiger partial charge in [0.05, 0.1) is 6.61 Å². The summed E-state index contributed by atoms with van der Waals surface area (Å²) >= 11 is 0. The van der Waals surface area contributed by atoms with Crippen molar-refractivity contribution in [2.45, 2.75) is 77.5 Å². The second-order valence-corrected chi connectivity index (χ2v) is 8.96. The summed E-state index contributed by atoms with van der Waals surface area (Å²) in [7, 11) is 2.12. The highest BCUT2D eigenvalue weighted by molar-refractivity contribution is 5.83. The Hall–Kier alpha value is -1.56. The minimum atomic E-state index is -0.585. The summed E-state index contributed by atoms with van der Waals surface area (Å²) in [5.41, 5.74) is -0.597. The molecule has 0 N–H and O–H groups in total. The second kappa shape index (κ2) is 8.63. The minimum Gasteiger partial charge on any atom is -0.464 e. The van der Waals surface area contributed by atoms with E-state index in [2.05, 4.69) is 18.5 Å². The van der Waals surface area contributed by atoms with Crippen molar-refractivity contribution in [3.05, 3.63) is 12.7 Å². The molecule has 6 heteroatoms. The molecule has 0 aromatic rings. The van der Waals surface area contributed by atoms with Crippen molar-refractivity contribution < 1.29 is 19.1 Å². The first-order valence-corrected chi connectivity index (χ1v) is 10.1. The number of allylic oxidation sites excluding steroid dienone is 1. The number of piperidine rings is 1. The fourth-order valence-electron chi connectivity index (χ4n) is 4.17. The van der Waals surface area contributed by atoms with Gasteiger partial charge < -0.3 is 14.4 Å². The molecule has 6 nitrogen and oxygen atoms in total. The van der Waals surface area contributed by atoms with E-state index in [4.69, 9.17) is 9.47 Å². The molecule has 1 aliphatic heterocycles. The molecule has 0 aromatic heterocycles. The number of esters is 1. The zero-order chi connectivity index (χ0) is 20.2. The Kier molecular flexibility index (Phi) is 6.95. The van der Waals surface area contributed by atoms with Crippen LogP contribution in [0, 0.1) is 5.41 Å². The SMILES string of the molecule is C=CCCCCN(C)C[C@]12CC1N(C(=O)OC(C)(C)C)[C@H](C(=O)OCC)C2. The van der Waals surface area contributed by atoms with Crippen molar-refractivity contribution >= 4 is 12.1 Å². The van der Waals surface area contributed by atoms with Gasteiger partial charge in [-0.15, -0.1) is 6.58 Å². The Morgan fingerprint density at radius 2 is 2.00 bits per heavy atom. The van der Waals surface area contributed by atoms with E-state index in [1.54, 1.807) is 11.8 Å². The van der Waals surface area contributed by atoms with Crippen LogP contribution in [0.25, 0.3) is 0 Å². The summed E-state index contributed by atoms with van der Waals surface area (Å²) in [5, 5.41) is 0. The highest BCUT2D eigenvalue weighted by Gasteiger charge is 2.68. The Labute approximate surface area is 163 Å². The van der Waals surface area contributed by atoms with Gasteiger partial charge in [-0.25, -0.2) is 9.59 Å². The smallest absolute Gasteiger partial charge is 0.411 e. The van der Waals surface area contributed by atoms with Crippen LogP contribution in [0.4, 0.5) is 4.79 Å². The molecule has 1 aliphatic carbocycles. The molecule has 2 rings (SSSR count). The number of carbonyl (C=O) groups is 2. The minimum absolute atomic E-state index is 0.0124. The molecular weight excluding hydrogens is 344 g/mol. The van der Waals surface area contributed by atoms with Gasteiger partial charge in [0.15, 0.2) is 0 Å². The van der Waals surface area contributed by atoms with Gasteiger partial charge in [-0.1, -0.05) is 6.08 Å². The lowest BCUT2D eigenvalue weighted by atomic mass is 9.99. The van der Waals surface area contributed by atoms with Crippen LogP contribution < -0.4 is 0 Å². The first kappa shape index (κ1) is 21.7. The van der Waals surface area contributed by atoms with Crippen LogP contribution in [0.3, 0.4) is 0 Å². The predicted octanol–water partition coefficient (Wildman–Crippen LogP) is 3.61. The number of ether oxygens (including phenoxy) is 2. The van der Waals surface area contributed by atoms with Crippen LogP contribution in [0.2, 0.25) is 0 Å². The van der Waals surface area contributed by atoms with Gasteiger partial charge in [0.1, 0.15) is 11.6 Å². The maximum absolute atomic E-state index is 12.8. The summed E-state index contributed by atoms with van der Waals surface area (Å²) < 4.78 is 10.8. The maximum Gasteiger partial charge on any atom is 0.411 e. The second-order valence-electron chi connectivity index (χ2n) is 8.96. The van der Waals surface area contributed by atoms with Crippen molar-refractivity contribution in [3.63, 3.8) is 0 Å². The average molecular weight is 381 g/mol. The Balaban J connectivity index is 2.03. The number of rotatable bonds is 9. The molecule has 2 aliphatic rings. The van der Waals surface area contributed by atoms with Crippen LogP contribution in [-0.2, 0) is 14.3 Å². The van der Waals surface area contributed by atoms with E-state index in [9.17, 15) is 9.59 Å². The molecule has 0 spiro atoms. The lowest BCUT2D eigenvalue weighted by Gasteiger charge is -2.29. The third-order valence-electron chi connectivity index (χ3n) is 5.36. The topological polar surface area (TPSA) is 59.1 Å². The molecule has 1 heterocycles. The molecule has 2 fully saturated rings. The van der Waals surface area contributed by atoms with Crippen LogP contribution in [0.1, 0.15) is 59.8 Å². The number of amides is 1. The fourth-order valence-corrected chi connectivity index (χ4v) is 4.17. The van der Waals surface area contributed by atoms with Crippen molar-refractivity contribution in [1.29, 1.82) is 0 Å². The van der Waals surface area contributed by atoms with Gasteiger partial charge in [-0.05, 0) is 73.4 Å². The van der Waals surface area contributed by atoms with Gasteiger partial charge in [0.2, 0.25) is 0 Å². The zero-order valence-corrected chi connectivity index (χ0v) is 17.6. The van der Waals surface area contributed by atoms with E-state index in [0.29, 0.717) is 13.0 Å². The third-order valence-corrected chi connectivity index (χ3v) is 5.36. The third kappa shape index (κ3) is 5.47. The number of unbranched alkanes of at least 4 members (excludes halogenated alkanes) is 2. The highest BCUT2D eigenvalue weighted by atomic mass is 16.6. The maximum atomic E-state index is 12.8. The van der Waals surface area contributed by atoms with Crippen molar-refractivity contribution in [3.8, 4) is 0 Å². The van der Waals surface area contributed by atoms with Crippen LogP contribution in [0.5, 0.6) is 0 Å². The molecule has 1 saturated heterocycles. The van der Waals surface area contributed by atoms with Crippen LogP contribution in [-0.4, -0.2) is 66.3 Å². The summed E-state index contributed by atoms with van der Waals surface area (Å²) in [6.07, 6.45) is 6.44. The van der Waals surface area contributed by atoms with Gasteiger partial charge in [0.25, 0.3) is 0 Å². The van der Waals surface area contributed by atoms with E-state index in [1.807, 2.05) is 26.8 Å². The van der Waals surface area contributed by atoms with Crippen molar-refractivity contribution in [2.75, 3.05) is 26.7 Å². The molecule has 3 atom stereocenters.